The maximum absolute atomic E-state index is 14.6. The Morgan fingerprint density at radius 1 is 1.06 bits per heavy atom. The molecular weight excluding hydrogens is 441 g/mol. The number of pyridine rings is 1. The van der Waals surface area contributed by atoms with E-state index in [4.69, 9.17) is 11.6 Å². The average Bonchev–Trinajstić information content (AvgIpc) is 2.74. The second-order valence-corrected chi connectivity index (χ2v) is 8.30. The maximum Gasteiger partial charge on any atom is 0.229 e. The van der Waals surface area contributed by atoms with Gasteiger partial charge in [0.15, 0.2) is 0 Å². The zero-order valence-corrected chi connectivity index (χ0v) is 17.7. The van der Waals surface area contributed by atoms with Gasteiger partial charge in [-0.25, -0.2) is 18.2 Å². The number of hydrogen-bond acceptors (Lipinski definition) is 3. The molecule has 166 valence electrons. The summed E-state index contributed by atoms with van der Waals surface area (Å²) in [6.45, 7) is 0.0247. The summed E-state index contributed by atoms with van der Waals surface area (Å²) in [5, 5.41) is 9.85. The minimum Gasteiger partial charge on any atom is -0.396 e. The van der Waals surface area contributed by atoms with E-state index in [0.29, 0.717) is 12.0 Å². The van der Waals surface area contributed by atoms with E-state index in [0.717, 1.165) is 12.1 Å². The number of aliphatic hydroxyl groups is 1. The van der Waals surface area contributed by atoms with Crippen LogP contribution in [0.1, 0.15) is 24.8 Å². The monoisotopic (exact) mass is 460 g/mol. The number of benzene rings is 2. The van der Waals surface area contributed by atoms with Crippen LogP contribution >= 0.6 is 11.6 Å². The number of piperidine rings is 1. The fourth-order valence-electron chi connectivity index (χ4n) is 4.31. The van der Waals surface area contributed by atoms with Crippen molar-refractivity contribution in [3.8, 4) is 11.3 Å². The van der Waals surface area contributed by atoms with Crippen molar-refractivity contribution >= 4 is 23.3 Å². The Hall–Kier alpha value is -2.90. The van der Waals surface area contributed by atoms with Gasteiger partial charge < -0.3 is 5.11 Å². The lowest BCUT2D eigenvalue weighted by Crippen LogP contribution is -2.47. The van der Waals surface area contributed by atoms with Crippen LogP contribution in [0.15, 0.2) is 54.6 Å². The molecule has 0 spiro atoms. The normalized spacial score (nSPS) is 18.8. The first-order valence-corrected chi connectivity index (χ1v) is 10.5. The summed E-state index contributed by atoms with van der Waals surface area (Å²) in [6, 6.07) is 12.3. The van der Waals surface area contributed by atoms with Gasteiger partial charge in [0.25, 0.3) is 0 Å². The third kappa shape index (κ3) is 4.23. The Labute approximate surface area is 188 Å². The fraction of sp³-hybridized carbons (Fsp3) is 0.250. The van der Waals surface area contributed by atoms with Crippen LogP contribution in [-0.2, 0) is 10.2 Å². The predicted molar refractivity (Wildman–Crippen MR) is 116 cm³/mol. The van der Waals surface area contributed by atoms with Crippen LogP contribution in [0, 0.1) is 17.5 Å². The fourth-order valence-corrected chi connectivity index (χ4v) is 4.51. The molecule has 0 aliphatic carbocycles. The SMILES string of the molecule is O=C1CC(CCO)(c2ccccc2F)CCN1c1cc(Cl)cc(-c2ccc(F)cc2F)n1. The van der Waals surface area contributed by atoms with Gasteiger partial charge in [-0.15, -0.1) is 0 Å². The molecule has 1 unspecified atom stereocenters. The highest BCUT2D eigenvalue weighted by Gasteiger charge is 2.42. The van der Waals surface area contributed by atoms with E-state index in [2.05, 4.69) is 4.98 Å². The molecule has 1 fully saturated rings. The van der Waals surface area contributed by atoms with E-state index < -0.39 is 22.9 Å². The van der Waals surface area contributed by atoms with E-state index in [-0.39, 0.29) is 54.0 Å². The second-order valence-electron chi connectivity index (χ2n) is 7.86. The van der Waals surface area contributed by atoms with Crippen LogP contribution in [0.5, 0.6) is 0 Å². The van der Waals surface area contributed by atoms with Crippen molar-refractivity contribution < 1.29 is 23.1 Å². The molecule has 1 aromatic heterocycles. The van der Waals surface area contributed by atoms with Crippen LogP contribution < -0.4 is 4.90 Å². The largest absolute Gasteiger partial charge is 0.396 e. The highest BCUT2D eigenvalue weighted by Crippen LogP contribution is 2.41. The maximum atomic E-state index is 14.6. The molecule has 2 aromatic carbocycles. The molecule has 3 aromatic rings. The summed E-state index contributed by atoms with van der Waals surface area (Å²) in [5.41, 5.74) is -0.215. The molecule has 0 saturated carbocycles. The van der Waals surface area contributed by atoms with Crippen molar-refractivity contribution in [1.29, 1.82) is 0 Å². The van der Waals surface area contributed by atoms with Crippen molar-refractivity contribution in [2.24, 2.45) is 0 Å². The molecule has 0 bridgehead atoms. The quantitative estimate of drug-likeness (QED) is 0.564. The summed E-state index contributed by atoms with van der Waals surface area (Å²) in [7, 11) is 0. The van der Waals surface area contributed by atoms with Crippen molar-refractivity contribution in [2.45, 2.75) is 24.7 Å². The smallest absolute Gasteiger partial charge is 0.229 e. The van der Waals surface area contributed by atoms with Crippen molar-refractivity contribution in [3.63, 3.8) is 0 Å². The van der Waals surface area contributed by atoms with Crippen molar-refractivity contribution in [3.05, 3.63) is 82.6 Å². The summed E-state index contributed by atoms with van der Waals surface area (Å²) in [4.78, 5) is 19.0. The zero-order chi connectivity index (χ0) is 22.9. The number of carbonyl (C=O) groups excluding carboxylic acids is 1. The summed E-state index contributed by atoms with van der Waals surface area (Å²) in [5.74, 6) is -2.01. The van der Waals surface area contributed by atoms with Crippen LogP contribution in [0.2, 0.25) is 5.02 Å². The molecule has 4 nitrogen and oxygen atoms in total. The number of aromatic nitrogens is 1. The van der Waals surface area contributed by atoms with Gasteiger partial charge in [-0.3, -0.25) is 9.69 Å². The van der Waals surface area contributed by atoms with E-state index in [1.807, 2.05) is 0 Å². The number of halogens is 4. The van der Waals surface area contributed by atoms with E-state index in [9.17, 15) is 23.1 Å². The van der Waals surface area contributed by atoms with Gasteiger partial charge in [-0.05, 0) is 48.7 Å². The Bertz CT molecular complexity index is 1170. The summed E-state index contributed by atoms with van der Waals surface area (Å²) in [6.07, 6.45) is 0.611. The standard InChI is InChI=1S/C24H20ClF3N2O2/c25-15-11-21(17-6-5-16(26)13-20(17)28)29-22(12-15)30-9-7-24(8-10-31,14-23(30)32)18-3-1-2-4-19(18)27/h1-6,11-13,31H,7-10,14H2. The lowest BCUT2D eigenvalue weighted by molar-refractivity contribution is -0.121. The molecule has 1 atom stereocenters. The Kier molecular flexibility index (Phi) is 6.22. The van der Waals surface area contributed by atoms with E-state index >= 15 is 0 Å². The first kappa shape index (κ1) is 22.3. The lowest BCUT2D eigenvalue weighted by Gasteiger charge is -2.41. The third-order valence-corrected chi connectivity index (χ3v) is 6.12. The topological polar surface area (TPSA) is 53.4 Å². The average molecular weight is 461 g/mol. The minimum absolute atomic E-state index is 0.0249. The van der Waals surface area contributed by atoms with Gasteiger partial charge in [0, 0.05) is 41.6 Å². The number of nitrogens with zero attached hydrogens (tertiary/aromatic N) is 2. The van der Waals surface area contributed by atoms with Crippen molar-refractivity contribution in [2.75, 3.05) is 18.1 Å². The first-order valence-electron chi connectivity index (χ1n) is 10.1. The zero-order valence-electron chi connectivity index (χ0n) is 17.0. The van der Waals surface area contributed by atoms with Crippen LogP contribution in [-0.4, -0.2) is 29.1 Å². The summed E-state index contributed by atoms with van der Waals surface area (Å²) >= 11 is 6.22. The number of aliphatic hydroxyl groups excluding tert-OH is 1. The Morgan fingerprint density at radius 2 is 1.84 bits per heavy atom. The molecule has 8 heteroatoms. The van der Waals surface area contributed by atoms with Gasteiger partial charge >= 0.3 is 0 Å². The van der Waals surface area contributed by atoms with Gasteiger partial charge in [0.1, 0.15) is 23.3 Å². The highest BCUT2D eigenvalue weighted by molar-refractivity contribution is 6.31. The Morgan fingerprint density at radius 3 is 2.53 bits per heavy atom. The van der Waals surface area contributed by atoms with Crippen molar-refractivity contribution in [1.82, 2.24) is 4.98 Å². The molecule has 32 heavy (non-hydrogen) atoms. The predicted octanol–water partition coefficient (Wildman–Crippen LogP) is 5.27. The number of carbonyl (C=O) groups is 1. The molecule has 1 aliphatic heterocycles. The minimum atomic E-state index is -0.835. The van der Waals surface area contributed by atoms with Gasteiger partial charge in [-0.1, -0.05) is 29.8 Å². The third-order valence-electron chi connectivity index (χ3n) is 5.90. The van der Waals surface area contributed by atoms with Crippen LogP contribution in [0.3, 0.4) is 0 Å². The number of rotatable bonds is 5. The number of hydrogen-bond donors (Lipinski definition) is 1. The Balaban J connectivity index is 1.67. The van der Waals surface area contributed by atoms with E-state index in [1.165, 1.54) is 29.2 Å². The molecular formula is C24H20ClF3N2O2. The number of anilines is 1. The molecule has 1 aliphatic rings. The highest BCUT2D eigenvalue weighted by atomic mass is 35.5. The molecule has 1 N–H and O–H groups in total. The molecule has 4 rings (SSSR count). The molecule has 0 radical (unpaired) electrons. The molecule has 1 amide bonds. The van der Waals surface area contributed by atoms with Gasteiger partial charge in [-0.2, -0.15) is 0 Å². The molecule has 1 saturated heterocycles. The second kappa shape index (κ2) is 8.92. The van der Waals surface area contributed by atoms with Crippen LogP contribution in [0.4, 0.5) is 19.0 Å². The molecule has 2 heterocycles. The van der Waals surface area contributed by atoms with Crippen LogP contribution in [0.25, 0.3) is 11.3 Å². The van der Waals surface area contributed by atoms with E-state index in [1.54, 1.807) is 18.2 Å². The van der Waals surface area contributed by atoms with Gasteiger partial charge in [0.05, 0.1) is 5.69 Å². The van der Waals surface area contributed by atoms with Gasteiger partial charge in [0.2, 0.25) is 5.91 Å². The first-order chi connectivity index (χ1) is 15.3. The summed E-state index contributed by atoms with van der Waals surface area (Å²) < 4.78 is 42.1. The lowest BCUT2D eigenvalue weighted by atomic mass is 9.70. The number of amides is 1.